The summed E-state index contributed by atoms with van der Waals surface area (Å²) in [5.74, 6) is 0.519. The van der Waals surface area contributed by atoms with Gasteiger partial charge in [0.2, 0.25) is 0 Å². The van der Waals surface area contributed by atoms with Gasteiger partial charge < -0.3 is 10.1 Å². The van der Waals surface area contributed by atoms with Gasteiger partial charge in [-0.05, 0) is 18.1 Å². The van der Waals surface area contributed by atoms with E-state index in [0.29, 0.717) is 5.92 Å². The summed E-state index contributed by atoms with van der Waals surface area (Å²) in [4.78, 5) is 4.01. The lowest BCUT2D eigenvalue weighted by Crippen LogP contribution is -2.15. The fraction of sp³-hybridized carbons (Fsp3) is 0.500. The van der Waals surface area contributed by atoms with E-state index in [0.717, 1.165) is 18.8 Å². The molecule has 1 aromatic rings. The monoisotopic (exact) mass is 180 g/mol. The van der Waals surface area contributed by atoms with Gasteiger partial charge >= 0.3 is 0 Å². The molecule has 0 aromatic carbocycles. The van der Waals surface area contributed by atoms with Crippen molar-refractivity contribution in [3.05, 3.63) is 24.5 Å². The molecule has 1 N–H and O–H groups in total. The molecule has 0 saturated carbocycles. The van der Waals surface area contributed by atoms with Crippen LogP contribution in [0.25, 0.3) is 0 Å². The Bertz CT molecular complexity index is 226. The number of aromatic nitrogens is 1. The van der Waals surface area contributed by atoms with Crippen molar-refractivity contribution < 1.29 is 4.74 Å². The Balaban J connectivity index is 2.27. The van der Waals surface area contributed by atoms with Crippen LogP contribution in [0.2, 0.25) is 0 Å². The van der Waals surface area contributed by atoms with Gasteiger partial charge in [0, 0.05) is 26.0 Å². The predicted molar refractivity (Wildman–Crippen MR) is 53.8 cm³/mol. The smallest absolute Gasteiger partial charge is 0.0526 e. The van der Waals surface area contributed by atoms with Gasteiger partial charge in [-0.2, -0.15) is 0 Å². The standard InChI is InChI=1S/C10H16N2O/c1-9(8-13-2)6-12-10-4-3-5-11-7-10/h3-5,7,9,12H,6,8H2,1-2H3. The molecule has 3 nitrogen and oxygen atoms in total. The second-order valence-electron chi connectivity index (χ2n) is 3.18. The van der Waals surface area contributed by atoms with Crippen LogP contribution in [0.5, 0.6) is 0 Å². The van der Waals surface area contributed by atoms with Crippen molar-refractivity contribution in [3.8, 4) is 0 Å². The van der Waals surface area contributed by atoms with Crippen LogP contribution in [0.4, 0.5) is 5.69 Å². The number of nitrogens with zero attached hydrogens (tertiary/aromatic N) is 1. The summed E-state index contributed by atoms with van der Waals surface area (Å²) in [7, 11) is 1.72. The molecule has 1 aromatic heterocycles. The zero-order valence-electron chi connectivity index (χ0n) is 8.16. The summed E-state index contributed by atoms with van der Waals surface area (Å²) in [5, 5.41) is 3.29. The molecule has 0 aliphatic rings. The van der Waals surface area contributed by atoms with Crippen LogP contribution in [-0.2, 0) is 4.74 Å². The number of hydrogen-bond acceptors (Lipinski definition) is 3. The molecule has 13 heavy (non-hydrogen) atoms. The van der Waals surface area contributed by atoms with E-state index in [2.05, 4.69) is 17.2 Å². The first kappa shape index (κ1) is 9.99. The number of methoxy groups -OCH3 is 1. The van der Waals surface area contributed by atoms with E-state index in [4.69, 9.17) is 4.74 Å². The molecule has 0 amide bonds. The normalized spacial score (nSPS) is 12.5. The van der Waals surface area contributed by atoms with Gasteiger partial charge in [0.1, 0.15) is 0 Å². The molecule has 0 fully saturated rings. The lowest BCUT2D eigenvalue weighted by molar-refractivity contribution is 0.164. The molecule has 1 atom stereocenters. The Labute approximate surface area is 79.1 Å². The highest BCUT2D eigenvalue weighted by Gasteiger charge is 1.99. The molecule has 3 heteroatoms. The summed E-state index contributed by atoms with van der Waals surface area (Å²) < 4.78 is 5.04. The second-order valence-corrected chi connectivity index (χ2v) is 3.18. The summed E-state index contributed by atoms with van der Waals surface area (Å²) in [5.41, 5.74) is 1.06. The van der Waals surface area contributed by atoms with E-state index in [-0.39, 0.29) is 0 Å². The molecule has 0 bridgehead atoms. The average molecular weight is 180 g/mol. The maximum absolute atomic E-state index is 5.04. The number of pyridine rings is 1. The van der Waals surface area contributed by atoms with Crippen LogP contribution in [0.15, 0.2) is 24.5 Å². The molecule has 1 rings (SSSR count). The fourth-order valence-corrected chi connectivity index (χ4v) is 1.10. The van der Waals surface area contributed by atoms with Crippen molar-refractivity contribution in [2.75, 3.05) is 25.6 Å². The minimum absolute atomic E-state index is 0.519. The first-order chi connectivity index (χ1) is 6.33. The van der Waals surface area contributed by atoms with Crippen molar-refractivity contribution in [2.45, 2.75) is 6.92 Å². The summed E-state index contributed by atoms with van der Waals surface area (Å²) >= 11 is 0. The fourth-order valence-electron chi connectivity index (χ4n) is 1.10. The van der Waals surface area contributed by atoms with E-state index in [1.807, 2.05) is 18.3 Å². The van der Waals surface area contributed by atoms with Crippen LogP contribution in [0.1, 0.15) is 6.92 Å². The highest BCUT2D eigenvalue weighted by atomic mass is 16.5. The lowest BCUT2D eigenvalue weighted by atomic mass is 10.2. The quantitative estimate of drug-likeness (QED) is 0.750. The van der Waals surface area contributed by atoms with Gasteiger partial charge in [0.25, 0.3) is 0 Å². The lowest BCUT2D eigenvalue weighted by Gasteiger charge is -2.11. The summed E-state index contributed by atoms with van der Waals surface area (Å²) in [6.45, 7) is 3.85. The Morgan fingerprint density at radius 1 is 1.62 bits per heavy atom. The van der Waals surface area contributed by atoms with Crippen molar-refractivity contribution in [2.24, 2.45) is 5.92 Å². The number of rotatable bonds is 5. The number of ether oxygens (including phenoxy) is 1. The van der Waals surface area contributed by atoms with Crippen molar-refractivity contribution in [1.82, 2.24) is 4.98 Å². The highest BCUT2D eigenvalue weighted by Crippen LogP contribution is 2.04. The minimum atomic E-state index is 0.519. The predicted octanol–water partition coefficient (Wildman–Crippen LogP) is 1.78. The molecule has 0 saturated heterocycles. The van der Waals surface area contributed by atoms with E-state index >= 15 is 0 Å². The second kappa shape index (κ2) is 5.54. The molecular formula is C10H16N2O. The van der Waals surface area contributed by atoms with E-state index in [9.17, 15) is 0 Å². The van der Waals surface area contributed by atoms with Crippen molar-refractivity contribution >= 4 is 5.69 Å². The molecule has 1 heterocycles. The Kier molecular flexibility index (Phi) is 4.26. The van der Waals surface area contributed by atoms with Gasteiger partial charge in [-0.15, -0.1) is 0 Å². The van der Waals surface area contributed by atoms with Crippen LogP contribution < -0.4 is 5.32 Å². The van der Waals surface area contributed by atoms with Gasteiger partial charge in [-0.25, -0.2) is 0 Å². The zero-order valence-corrected chi connectivity index (χ0v) is 8.16. The third-order valence-electron chi connectivity index (χ3n) is 1.77. The van der Waals surface area contributed by atoms with Gasteiger partial charge in [0.15, 0.2) is 0 Å². The summed E-state index contributed by atoms with van der Waals surface area (Å²) in [6, 6.07) is 3.93. The minimum Gasteiger partial charge on any atom is -0.384 e. The first-order valence-electron chi connectivity index (χ1n) is 4.45. The Hall–Kier alpha value is -1.09. The SMILES string of the molecule is COCC(C)CNc1cccnc1. The van der Waals surface area contributed by atoms with E-state index in [1.54, 1.807) is 13.3 Å². The van der Waals surface area contributed by atoms with Crippen molar-refractivity contribution in [3.63, 3.8) is 0 Å². The van der Waals surface area contributed by atoms with Crippen LogP contribution in [0, 0.1) is 5.92 Å². The summed E-state index contributed by atoms with van der Waals surface area (Å²) in [6.07, 6.45) is 3.59. The van der Waals surface area contributed by atoms with Crippen LogP contribution in [-0.4, -0.2) is 25.2 Å². The molecule has 0 spiro atoms. The largest absolute Gasteiger partial charge is 0.384 e. The van der Waals surface area contributed by atoms with Gasteiger partial charge in [0.05, 0.1) is 12.3 Å². The molecule has 1 unspecified atom stereocenters. The number of nitrogens with one attached hydrogen (secondary N) is 1. The zero-order chi connectivity index (χ0) is 9.52. The van der Waals surface area contributed by atoms with Gasteiger partial charge in [-0.1, -0.05) is 6.92 Å². The molecule has 0 aliphatic heterocycles. The van der Waals surface area contributed by atoms with Gasteiger partial charge in [-0.3, -0.25) is 4.98 Å². The third kappa shape index (κ3) is 3.90. The van der Waals surface area contributed by atoms with E-state index < -0.39 is 0 Å². The maximum atomic E-state index is 5.04. The van der Waals surface area contributed by atoms with Crippen LogP contribution in [0.3, 0.4) is 0 Å². The number of hydrogen-bond donors (Lipinski definition) is 1. The first-order valence-corrected chi connectivity index (χ1v) is 4.45. The Morgan fingerprint density at radius 3 is 3.08 bits per heavy atom. The average Bonchev–Trinajstić information content (AvgIpc) is 2.17. The maximum Gasteiger partial charge on any atom is 0.0526 e. The number of anilines is 1. The third-order valence-corrected chi connectivity index (χ3v) is 1.77. The molecule has 0 aliphatic carbocycles. The Morgan fingerprint density at radius 2 is 2.46 bits per heavy atom. The molecular weight excluding hydrogens is 164 g/mol. The van der Waals surface area contributed by atoms with Crippen molar-refractivity contribution in [1.29, 1.82) is 0 Å². The topological polar surface area (TPSA) is 34.1 Å². The van der Waals surface area contributed by atoms with E-state index in [1.165, 1.54) is 0 Å². The molecule has 0 radical (unpaired) electrons. The van der Waals surface area contributed by atoms with Crippen LogP contribution >= 0.6 is 0 Å². The molecule has 72 valence electrons. The highest BCUT2D eigenvalue weighted by molar-refractivity contribution is 5.39.